The first-order chi connectivity index (χ1) is 22.7. The number of rotatable bonds is 4. The van der Waals surface area contributed by atoms with Gasteiger partial charge >= 0.3 is 0 Å². The van der Waals surface area contributed by atoms with E-state index in [4.69, 9.17) is 13.8 Å². The van der Waals surface area contributed by atoms with Crippen molar-refractivity contribution < 1.29 is 8.83 Å². The minimum Gasteiger partial charge on any atom is -0.456 e. The molecule has 0 bridgehead atoms. The number of anilines is 3. The summed E-state index contributed by atoms with van der Waals surface area (Å²) >= 11 is 1.85. The summed E-state index contributed by atoms with van der Waals surface area (Å²) in [7, 11) is 0. The first-order valence-electron chi connectivity index (χ1n) is 15.3. The lowest BCUT2D eigenvalue weighted by Crippen LogP contribution is -2.09. The normalized spacial score (nSPS) is 11.9. The molecular formula is C41H24N2O2S. The van der Waals surface area contributed by atoms with Crippen LogP contribution in [0.1, 0.15) is 0 Å². The number of benzene rings is 7. The summed E-state index contributed by atoms with van der Waals surface area (Å²) in [5.74, 6) is 0.615. The molecule has 216 valence electrons. The minimum atomic E-state index is 0.615. The first-order valence-corrected chi connectivity index (χ1v) is 16.1. The third-order valence-electron chi connectivity index (χ3n) is 8.86. The van der Waals surface area contributed by atoms with Crippen molar-refractivity contribution in [1.29, 1.82) is 0 Å². The van der Waals surface area contributed by atoms with Crippen molar-refractivity contribution in [2.24, 2.45) is 0 Å². The Labute approximate surface area is 267 Å². The van der Waals surface area contributed by atoms with Crippen LogP contribution in [0, 0.1) is 0 Å². The molecule has 0 radical (unpaired) electrons. The van der Waals surface area contributed by atoms with Crippen LogP contribution in [-0.4, -0.2) is 4.98 Å². The zero-order valence-electron chi connectivity index (χ0n) is 24.5. The van der Waals surface area contributed by atoms with Crippen molar-refractivity contribution in [1.82, 2.24) is 4.98 Å². The standard InChI is InChI=1S/C41H24N2O2S/c1-2-8-27-22-40-33(21-26(27)7-1)34-24-30(18-20-39(34)46-40)43(29-17-19-37-32(23-29)31-9-3-5-11-36(31)44-37)28-15-13-25(14-16-28)41-42-35-10-4-6-12-38(35)45-41/h1-24H. The summed E-state index contributed by atoms with van der Waals surface area (Å²) in [5.41, 5.74) is 7.52. The molecule has 7 aromatic carbocycles. The van der Waals surface area contributed by atoms with Crippen LogP contribution in [0.3, 0.4) is 0 Å². The molecule has 0 spiro atoms. The van der Waals surface area contributed by atoms with Crippen LogP contribution in [0.2, 0.25) is 0 Å². The number of aromatic nitrogens is 1. The van der Waals surface area contributed by atoms with Gasteiger partial charge in [0.25, 0.3) is 0 Å². The van der Waals surface area contributed by atoms with Crippen LogP contribution in [0.25, 0.3) is 75.4 Å². The van der Waals surface area contributed by atoms with E-state index in [2.05, 4.69) is 114 Å². The van der Waals surface area contributed by atoms with Gasteiger partial charge < -0.3 is 13.7 Å². The number of fused-ring (bicyclic) bond motifs is 8. The van der Waals surface area contributed by atoms with Crippen LogP contribution >= 0.6 is 11.3 Å². The molecule has 0 fully saturated rings. The van der Waals surface area contributed by atoms with Crippen LogP contribution in [0.15, 0.2) is 154 Å². The molecule has 0 atom stereocenters. The molecule has 0 saturated heterocycles. The molecule has 0 N–H and O–H groups in total. The van der Waals surface area contributed by atoms with Gasteiger partial charge in [-0.3, -0.25) is 0 Å². The van der Waals surface area contributed by atoms with Gasteiger partial charge in [-0.1, -0.05) is 54.6 Å². The van der Waals surface area contributed by atoms with Crippen molar-refractivity contribution in [2.75, 3.05) is 4.90 Å². The van der Waals surface area contributed by atoms with E-state index in [1.54, 1.807) is 0 Å². The Morgan fingerprint density at radius 2 is 1.11 bits per heavy atom. The van der Waals surface area contributed by atoms with Crippen molar-refractivity contribution in [2.45, 2.75) is 0 Å². The van der Waals surface area contributed by atoms with Crippen LogP contribution in [0.5, 0.6) is 0 Å². The van der Waals surface area contributed by atoms with Gasteiger partial charge in [0.05, 0.1) is 0 Å². The lowest BCUT2D eigenvalue weighted by molar-refractivity contribution is 0.620. The predicted octanol–water partition coefficient (Wildman–Crippen LogP) is 12.4. The zero-order valence-corrected chi connectivity index (χ0v) is 25.3. The summed E-state index contributed by atoms with van der Waals surface area (Å²) in [4.78, 5) is 7.04. The quantitative estimate of drug-likeness (QED) is 0.199. The van der Waals surface area contributed by atoms with Gasteiger partial charge in [0.1, 0.15) is 16.7 Å². The van der Waals surface area contributed by atoms with E-state index in [0.29, 0.717) is 5.89 Å². The first kappa shape index (κ1) is 25.4. The average Bonchev–Trinajstić information content (AvgIpc) is 3.81. The van der Waals surface area contributed by atoms with Gasteiger partial charge in [-0.25, -0.2) is 4.98 Å². The van der Waals surface area contributed by atoms with Gasteiger partial charge in [-0.2, -0.15) is 0 Å². The fraction of sp³-hybridized carbons (Fsp3) is 0. The third kappa shape index (κ3) is 3.96. The van der Waals surface area contributed by atoms with Gasteiger partial charge in [0.2, 0.25) is 5.89 Å². The highest BCUT2D eigenvalue weighted by Gasteiger charge is 2.18. The molecule has 10 rings (SSSR count). The Kier molecular flexibility index (Phi) is 5.41. The largest absolute Gasteiger partial charge is 0.456 e. The second-order valence-corrected chi connectivity index (χ2v) is 12.7. The van der Waals surface area contributed by atoms with Crippen molar-refractivity contribution in [3.05, 3.63) is 146 Å². The number of hydrogen-bond donors (Lipinski definition) is 0. The topological polar surface area (TPSA) is 42.4 Å². The molecule has 0 aliphatic heterocycles. The molecule has 0 saturated carbocycles. The molecule has 0 amide bonds. The van der Waals surface area contributed by atoms with Gasteiger partial charge in [0, 0.05) is 53.6 Å². The molecule has 4 nitrogen and oxygen atoms in total. The van der Waals surface area contributed by atoms with Crippen LogP contribution in [0.4, 0.5) is 17.1 Å². The molecular weight excluding hydrogens is 585 g/mol. The average molecular weight is 609 g/mol. The fourth-order valence-electron chi connectivity index (χ4n) is 6.64. The van der Waals surface area contributed by atoms with Gasteiger partial charge in [-0.05, 0) is 102 Å². The SMILES string of the molecule is c1ccc2cc3c(cc2c1)sc1ccc(N(c2ccc(-c4nc5ccccc5o4)cc2)c2ccc4oc5ccccc5c4c2)cc13. The Hall–Kier alpha value is -5.91. The monoisotopic (exact) mass is 608 g/mol. The molecule has 0 unspecified atom stereocenters. The second-order valence-electron chi connectivity index (χ2n) is 11.6. The number of para-hydroxylation sites is 3. The second kappa shape index (κ2) is 9.80. The van der Waals surface area contributed by atoms with E-state index in [1.807, 2.05) is 47.7 Å². The molecule has 0 aliphatic rings. The molecule has 0 aliphatic carbocycles. The number of hydrogen-bond acceptors (Lipinski definition) is 5. The number of thiophene rings is 1. The summed E-state index contributed by atoms with van der Waals surface area (Å²) in [6, 6.07) is 51.1. The van der Waals surface area contributed by atoms with Crippen LogP contribution < -0.4 is 4.90 Å². The molecule has 46 heavy (non-hydrogen) atoms. The van der Waals surface area contributed by atoms with Crippen molar-refractivity contribution >= 4 is 92.4 Å². The highest BCUT2D eigenvalue weighted by atomic mass is 32.1. The summed E-state index contributed by atoms with van der Waals surface area (Å²) < 4.78 is 14.8. The highest BCUT2D eigenvalue weighted by Crippen LogP contribution is 2.43. The lowest BCUT2D eigenvalue weighted by Gasteiger charge is -2.26. The number of furan rings is 1. The predicted molar refractivity (Wildman–Crippen MR) is 192 cm³/mol. The molecule has 3 heterocycles. The maximum Gasteiger partial charge on any atom is 0.227 e. The van der Waals surface area contributed by atoms with E-state index in [-0.39, 0.29) is 0 Å². The van der Waals surface area contributed by atoms with E-state index < -0.39 is 0 Å². The lowest BCUT2D eigenvalue weighted by atomic mass is 10.1. The molecule has 3 aromatic heterocycles. The van der Waals surface area contributed by atoms with E-state index in [9.17, 15) is 0 Å². The summed E-state index contributed by atoms with van der Waals surface area (Å²) in [6.45, 7) is 0. The Morgan fingerprint density at radius 1 is 0.457 bits per heavy atom. The molecule has 5 heteroatoms. The summed E-state index contributed by atoms with van der Waals surface area (Å²) in [5, 5.41) is 7.26. The Balaban J connectivity index is 1.16. The van der Waals surface area contributed by atoms with Crippen molar-refractivity contribution in [3.63, 3.8) is 0 Å². The maximum absolute atomic E-state index is 6.18. The molecule has 10 aromatic rings. The van der Waals surface area contributed by atoms with Crippen LogP contribution in [-0.2, 0) is 0 Å². The van der Waals surface area contributed by atoms with E-state index in [1.165, 1.54) is 30.9 Å². The van der Waals surface area contributed by atoms with Gasteiger partial charge in [0.15, 0.2) is 5.58 Å². The zero-order chi connectivity index (χ0) is 30.2. The number of oxazole rings is 1. The smallest absolute Gasteiger partial charge is 0.227 e. The maximum atomic E-state index is 6.18. The Morgan fingerprint density at radius 3 is 1.96 bits per heavy atom. The number of nitrogens with zero attached hydrogens (tertiary/aromatic N) is 2. The van der Waals surface area contributed by atoms with Crippen molar-refractivity contribution in [3.8, 4) is 11.5 Å². The minimum absolute atomic E-state index is 0.615. The Bertz CT molecular complexity index is 2740. The third-order valence-corrected chi connectivity index (χ3v) is 10.00. The van der Waals surface area contributed by atoms with E-state index >= 15 is 0 Å². The summed E-state index contributed by atoms with van der Waals surface area (Å²) in [6.07, 6.45) is 0. The van der Waals surface area contributed by atoms with Gasteiger partial charge in [-0.15, -0.1) is 11.3 Å². The highest BCUT2D eigenvalue weighted by molar-refractivity contribution is 7.25. The van der Waals surface area contributed by atoms with E-state index in [0.717, 1.165) is 55.7 Å². The fourth-order valence-corrected chi connectivity index (χ4v) is 7.76.